The van der Waals surface area contributed by atoms with E-state index >= 15 is 0 Å². The molecule has 0 aromatic carbocycles. The van der Waals surface area contributed by atoms with Crippen LogP contribution in [-0.4, -0.2) is 56.1 Å². The number of nitrogens with one attached hydrogen (secondary N) is 1. The highest BCUT2D eigenvalue weighted by Gasteiger charge is 2.18. The normalized spacial score (nSPS) is 22.2. The number of likely N-dealkylation sites (N-methyl/N-ethyl adjacent to an activating group) is 1. The van der Waals surface area contributed by atoms with Crippen LogP contribution in [-0.2, 0) is 6.54 Å². The van der Waals surface area contributed by atoms with E-state index in [1.807, 2.05) is 11.3 Å². The molecule has 0 radical (unpaired) electrons. The van der Waals surface area contributed by atoms with Crippen molar-refractivity contribution in [2.75, 3.05) is 40.3 Å². The van der Waals surface area contributed by atoms with Crippen LogP contribution in [0.5, 0.6) is 0 Å². The van der Waals surface area contributed by atoms with Crippen LogP contribution in [0.2, 0.25) is 0 Å². The van der Waals surface area contributed by atoms with Crippen LogP contribution in [0.3, 0.4) is 0 Å². The van der Waals surface area contributed by atoms with Crippen LogP contribution in [0, 0.1) is 0 Å². The average Bonchev–Trinajstić information content (AvgIpc) is 2.81. The molecule has 2 heterocycles. The Balaban J connectivity index is 1.70. The first-order valence-corrected chi connectivity index (χ1v) is 7.25. The molecule has 17 heavy (non-hydrogen) atoms. The maximum absolute atomic E-state index is 3.48. The van der Waals surface area contributed by atoms with E-state index in [4.69, 9.17) is 0 Å². The molecule has 4 heteroatoms. The van der Waals surface area contributed by atoms with E-state index in [2.05, 4.69) is 46.7 Å². The summed E-state index contributed by atoms with van der Waals surface area (Å²) in [7, 11) is 4.46. The van der Waals surface area contributed by atoms with Crippen molar-refractivity contribution < 1.29 is 0 Å². The van der Waals surface area contributed by atoms with Crippen molar-refractivity contribution in [2.24, 2.45) is 0 Å². The highest BCUT2D eigenvalue weighted by molar-refractivity contribution is 7.09. The van der Waals surface area contributed by atoms with Gasteiger partial charge in [-0.25, -0.2) is 0 Å². The van der Waals surface area contributed by atoms with E-state index < -0.39 is 0 Å². The van der Waals surface area contributed by atoms with E-state index in [9.17, 15) is 0 Å². The van der Waals surface area contributed by atoms with Crippen LogP contribution in [0.15, 0.2) is 17.5 Å². The van der Waals surface area contributed by atoms with Gasteiger partial charge in [0.25, 0.3) is 0 Å². The van der Waals surface area contributed by atoms with Crippen LogP contribution in [0.4, 0.5) is 0 Å². The highest BCUT2D eigenvalue weighted by Crippen LogP contribution is 2.12. The quantitative estimate of drug-likeness (QED) is 0.857. The molecule has 1 saturated heterocycles. The number of thiophene rings is 1. The number of nitrogens with zero attached hydrogens (tertiary/aromatic N) is 2. The van der Waals surface area contributed by atoms with E-state index in [0.717, 1.165) is 19.6 Å². The maximum Gasteiger partial charge on any atom is 0.0324 e. The number of rotatable bonds is 5. The van der Waals surface area contributed by atoms with Crippen molar-refractivity contribution in [3.63, 3.8) is 0 Å². The fraction of sp³-hybridized carbons (Fsp3) is 0.692. The lowest BCUT2D eigenvalue weighted by atomic mass is 10.1. The molecule has 0 saturated carbocycles. The molecule has 1 atom stereocenters. The zero-order valence-corrected chi connectivity index (χ0v) is 11.7. The van der Waals surface area contributed by atoms with Gasteiger partial charge < -0.3 is 15.1 Å². The van der Waals surface area contributed by atoms with Crippen molar-refractivity contribution in [3.8, 4) is 0 Å². The van der Waals surface area contributed by atoms with Gasteiger partial charge in [-0.15, -0.1) is 11.3 Å². The number of piperazine rings is 1. The largest absolute Gasteiger partial charge is 0.314 e. The lowest BCUT2D eigenvalue weighted by Crippen LogP contribution is -2.50. The average molecular weight is 253 g/mol. The van der Waals surface area contributed by atoms with Gasteiger partial charge in [-0.1, -0.05) is 6.07 Å². The van der Waals surface area contributed by atoms with Gasteiger partial charge in [0.2, 0.25) is 0 Å². The van der Waals surface area contributed by atoms with Crippen LogP contribution < -0.4 is 5.32 Å². The molecule has 0 amide bonds. The fourth-order valence-electron chi connectivity index (χ4n) is 2.30. The summed E-state index contributed by atoms with van der Waals surface area (Å²) in [6.07, 6.45) is 1.26. The van der Waals surface area contributed by atoms with Gasteiger partial charge in [0.1, 0.15) is 0 Å². The number of hydrogen-bond donors (Lipinski definition) is 1. The van der Waals surface area contributed by atoms with Crippen molar-refractivity contribution in [3.05, 3.63) is 22.4 Å². The second-order valence-electron chi connectivity index (χ2n) is 4.94. The molecular weight excluding hydrogens is 230 g/mol. The summed E-state index contributed by atoms with van der Waals surface area (Å²) < 4.78 is 0. The molecular formula is C13H23N3S. The first-order valence-electron chi connectivity index (χ1n) is 6.37. The molecule has 1 aliphatic heterocycles. The van der Waals surface area contributed by atoms with Crippen molar-refractivity contribution in [1.82, 2.24) is 15.1 Å². The smallest absolute Gasteiger partial charge is 0.0324 e. The van der Waals surface area contributed by atoms with Gasteiger partial charge in [0, 0.05) is 37.1 Å². The minimum atomic E-state index is 0.703. The Labute approximate surface area is 108 Å². The Morgan fingerprint density at radius 1 is 1.59 bits per heavy atom. The molecule has 1 unspecified atom stereocenters. The van der Waals surface area contributed by atoms with Crippen LogP contribution in [0.25, 0.3) is 0 Å². The monoisotopic (exact) mass is 253 g/mol. The third-order valence-electron chi connectivity index (χ3n) is 3.49. The van der Waals surface area contributed by atoms with Crippen LogP contribution >= 0.6 is 11.3 Å². The second kappa shape index (κ2) is 6.50. The summed E-state index contributed by atoms with van der Waals surface area (Å²) in [5.41, 5.74) is 0. The van der Waals surface area contributed by atoms with Gasteiger partial charge in [0.15, 0.2) is 0 Å². The maximum atomic E-state index is 3.48. The summed E-state index contributed by atoms with van der Waals surface area (Å²) in [6.45, 7) is 5.72. The lowest BCUT2D eigenvalue weighted by Gasteiger charge is -2.34. The molecule has 0 spiro atoms. The Morgan fingerprint density at radius 2 is 2.47 bits per heavy atom. The van der Waals surface area contributed by atoms with Crippen molar-refractivity contribution in [1.29, 1.82) is 0 Å². The fourth-order valence-corrected chi connectivity index (χ4v) is 3.09. The van der Waals surface area contributed by atoms with Crippen molar-refractivity contribution in [2.45, 2.75) is 19.0 Å². The highest BCUT2D eigenvalue weighted by atomic mass is 32.1. The van der Waals surface area contributed by atoms with E-state index in [-0.39, 0.29) is 0 Å². The molecule has 96 valence electrons. The zero-order valence-electron chi connectivity index (χ0n) is 10.9. The van der Waals surface area contributed by atoms with Crippen LogP contribution in [0.1, 0.15) is 11.3 Å². The third-order valence-corrected chi connectivity index (χ3v) is 4.36. The standard InChI is InChI=1S/C13H23N3S/c1-15(11-13-4-3-9-17-13)7-5-12-10-14-6-8-16(12)2/h3-4,9,12,14H,5-8,10-11H2,1-2H3. The summed E-state index contributed by atoms with van der Waals surface area (Å²) >= 11 is 1.85. The number of hydrogen-bond acceptors (Lipinski definition) is 4. The molecule has 1 aliphatic rings. The van der Waals surface area contributed by atoms with E-state index in [1.165, 1.54) is 24.4 Å². The first kappa shape index (κ1) is 13.0. The van der Waals surface area contributed by atoms with Gasteiger partial charge in [-0.2, -0.15) is 0 Å². The topological polar surface area (TPSA) is 18.5 Å². The third kappa shape index (κ3) is 4.07. The minimum Gasteiger partial charge on any atom is -0.314 e. The van der Waals surface area contributed by atoms with E-state index in [0.29, 0.717) is 6.04 Å². The van der Waals surface area contributed by atoms with Crippen molar-refractivity contribution >= 4 is 11.3 Å². The molecule has 1 fully saturated rings. The molecule has 1 N–H and O–H groups in total. The second-order valence-corrected chi connectivity index (χ2v) is 5.98. The summed E-state index contributed by atoms with van der Waals surface area (Å²) in [5.74, 6) is 0. The van der Waals surface area contributed by atoms with E-state index in [1.54, 1.807) is 0 Å². The predicted molar refractivity (Wildman–Crippen MR) is 74.6 cm³/mol. The SMILES string of the molecule is CN(CCC1CNCCN1C)Cc1cccs1. The molecule has 0 bridgehead atoms. The molecule has 1 aromatic heterocycles. The Bertz CT molecular complexity index is 312. The first-order chi connectivity index (χ1) is 8.25. The summed E-state index contributed by atoms with van der Waals surface area (Å²) in [4.78, 5) is 6.37. The minimum absolute atomic E-state index is 0.703. The van der Waals surface area contributed by atoms with Gasteiger partial charge in [-0.05, 0) is 38.5 Å². The molecule has 2 rings (SSSR count). The lowest BCUT2D eigenvalue weighted by molar-refractivity contribution is 0.172. The van der Waals surface area contributed by atoms with Gasteiger partial charge in [-0.3, -0.25) is 0 Å². The Morgan fingerprint density at radius 3 is 3.18 bits per heavy atom. The summed E-state index contributed by atoms with van der Waals surface area (Å²) in [6, 6.07) is 5.05. The Kier molecular flexibility index (Phi) is 4.98. The summed E-state index contributed by atoms with van der Waals surface area (Å²) in [5, 5.41) is 5.63. The predicted octanol–water partition coefficient (Wildman–Crippen LogP) is 1.47. The van der Waals surface area contributed by atoms with Gasteiger partial charge in [0.05, 0.1) is 0 Å². The molecule has 0 aliphatic carbocycles. The Hall–Kier alpha value is -0.420. The zero-order chi connectivity index (χ0) is 12.1. The molecule has 3 nitrogen and oxygen atoms in total. The molecule has 1 aromatic rings. The van der Waals surface area contributed by atoms with Gasteiger partial charge >= 0.3 is 0 Å².